The molecule has 0 N–H and O–H groups in total. The van der Waals surface area contributed by atoms with Crippen molar-refractivity contribution < 1.29 is 4.79 Å². The quantitative estimate of drug-likeness (QED) is 0.555. The molecule has 0 amide bonds. The van der Waals surface area contributed by atoms with E-state index in [9.17, 15) is 4.79 Å². The Kier molecular flexibility index (Phi) is 6.46. The molecule has 0 aromatic heterocycles. The van der Waals surface area contributed by atoms with Crippen LogP contribution in [0, 0.1) is 0 Å². The van der Waals surface area contributed by atoms with E-state index in [0.29, 0.717) is 0 Å². The van der Waals surface area contributed by atoms with Gasteiger partial charge in [0.05, 0.1) is 0 Å². The Morgan fingerprint density at radius 1 is 1.00 bits per heavy atom. The van der Waals surface area contributed by atoms with Gasteiger partial charge in [-0.05, 0) is 0 Å². The van der Waals surface area contributed by atoms with Crippen LogP contribution in [-0.2, 0) is 11.2 Å². The third-order valence-electron chi connectivity index (χ3n) is 3.09. The molecule has 0 aliphatic carbocycles. The Bertz CT molecular complexity index is 587. The van der Waals surface area contributed by atoms with Gasteiger partial charge in [0, 0.05) is 0 Å². The summed E-state index contributed by atoms with van der Waals surface area (Å²) in [6.45, 7) is 1.64. The average molecular weight is 343 g/mol. The van der Waals surface area contributed by atoms with E-state index in [0.717, 1.165) is 19.3 Å². The minimum absolute atomic E-state index is 0.155. The molecule has 0 atom stereocenters. The fourth-order valence-electron chi connectivity index (χ4n) is 2.13. The molecular weight excluding hydrogens is 323 g/mol. The van der Waals surface area contributed by atoms with Crippen LogP contribution in [0.1, 0.15) is 25.3 Å². The maximum atomic E-state index is 11.4. The van der Waals surface area contributed by atoms with Gasteiger partial charge < -0.3 is 0 Å². The zero-order chi connectivity index (χ0) is 14.9. The maximum absolute atomic E-state index is 11.4. The summed E-state index contributed by atoms with van der Waals surface area (Å²) in [4.78, 5) is 11.4. The van der Waals surface area contributed by atoms with Gasteiger partial charge in [-0.1, -0.05) is 0 Å². The van der Waals surface area contributed by atoms with Gasteiger partial charge in [0.15, 0.2) is 0 Å². The second-order valence-corrected chi connectivity index (χ2v) is 7.49. The Labute approximate surface area is 133 Å². The summed E-state index contributed by atoms with van der Waals surface area (Å²) in [7, 11) is 0. The molecule has 0 bridgehead atoms. The summed E-state index contributed by atoms with van der Waals surface area (Å²) in [5.41, 5.74) is 1.37. The van der Waals surface area contributed by atoms with E-state index in [4.69, 9.17) is 0 Å². The molecule has 0 radical (unpaired) electrons. The van der Waals surface area contributed by atoms with Crippen molar-refractivity contribution in [3.05, 3.63) is 76.8 Å². The molecule has 0 aliphatic rings. The second kappa shape index (κ2) is 8.61. The number of hydrogen-bond donors (Lipinski definition) is 0. The number of hydrogen-bond acceptors (Lipinski definition) is 1. The van der Waals surface area contributed by atoms with E-state index in [1.807, 2.05) is 18.2 Å². The first-order chi connectivity index (χ1) is 10.2. The molecule has 0 spiro atoms. The van der Waals surface area contributed by atoms with E-state index in [-0.39, 0.29) is 20.7 Å². The normalized spacial score (nSPS) is 11.4. The van der Waals surface area contributed by atoms with Crippen LogP contribution in [0.5, 0.6) is 0 Å². The van der Waals surface area contributed by atoms with Gasteiger partial charge in [-0.2, -0.15) is 0 Å². The van der Waals surface area contributed by atoms with Crippen LogP contribution in [0.3, 0.4) is 0 Å². The van der Waals surface area contributed by atoms with Crippen molar-refractivity contribution in [1.29, 1.82) is 0 Å². The van der Waals surface area contributed by atoms with Crippen molar-refractivity contribution >= 4 is 25.2 Å². The molecular formula is C19H20OSe. The van der Waals surface area contributed by atoms with Crippen LogP contribution >= 0.6 is 0 Å². The van der Waals surface area contributed by atoms with Crippen molar-refractivity contribution in [3.63, 3.8) is 0 Å². The summed E-state index contributed by atoms with van der Waals surface area (Å²) in [5.74, 6) is 0.155. The number of aryl methyl sites for hydroxylation is 1. The third kappa shape index (κ3) is 6.12. The molecule has 0 saturated heterocycles. The summed E-state index contributed by atoms with van der Waals surface area (Å²) in [6, 6.07) is 21.0. The van der Waals surface area contributed by atoms with Crippen LogP contribution in [0.25, 0.3) is 0 Å². The van der Waals surface area contributed by atoms with Gasteiger partial charge in [0.25, 0.3) is 0 Å². The van der Waals surface area contributed by atoms with Crippen LogP contribution < -0.4 is 4.46 Å². The fourth-order valence-corrected chi connectivity index (χ4v) is 4.37. The van der Waals surface area contributed by atoms with Gasteiger partial charge in [0.1, 0.15) is 0 Å². The molecule has 0 aliphatic heterocycles. The number of allylic oxidation sites excluding steroid dienone is 2. The zero-order valence-electron chi connectivity index (χ0n) is 12.3. The predicted molar refractivity (Wildman–Crippen MR) is 90.0 cm³/mol. The van der Waals surface area contributed by atoms with E-state index in [1.54, 1.807) is 6.92 Å². The molecule has 0 unspecified atom stereocenters. The molecule has 2 rings (SSSR count). The standard InChI is InChI=1S/C19H20OSe/c1-16(20)15-19(21-18-12-6-3-7-13-18)14-8-11-17-9-4-2-5-10-17/h2-7,9-10,12-13,15H,8,11,14H2,1H3/b19-15-. The Morgan fingerprint density at radius 3 is 2.24 bits per heavy atom. The molecule has 2 heteroatoms. The predicted octanol–water partition coefficient (Wildman–Crippen LogP) is 3.51. The van der Waals surface area contributed by atoms with E-state index >= 15 is 0 Å². The molecule has 0 heterocycles. The van der Waals surface area contributed by atoms with E-state index < -0.39 is 0 Å². The first kappa shape index (κ1) is 15.8. The zero-order valence-corrected chi connectivity index (χ0v) is 14.0. The van der Waals surface area contributed by atoms with Gasteiger partial charge in [0.2, 0.25) is 0 Å². The first-order valence-electron chi connectivity index (χ1n) is 7.22. The Balaban J connectivity index is 1.93. The van der Waals surface area contributed by atoms with Gasteiger partial charge in [-0.25, -0.2) is 0 Å². The van der Waals surface area contributed by atoms with Crippen molar-refractivity contribution in [3.8, 4) is 0 Å². The van der Waals surface area contributed by atoms with E-state index in [1.165, 1.54) is 14.5 Å². The third-order valence-corrected chi connectivity index (χ3v) is 5.38. The topological polar surface area (TPSA) is 17.1 Å². The van der Waals surface area contributed by atoms with Crippen LogP contribution in [0.15, 0.2) is 71.2 Å². The van der Waals surface area contributed by atoms with Crippen molar-refractivity contribution in [1.82, 2.24) is 0 Å². The Morgan fingerprint density at radius 2 is 1.62 bits per heavy atom. The molecule has 0 fully saturated rings. The minimum atomic E-state index is 0.155. The van der Waals surface area contributed by atoms with Gasteiger partial charge in [-0.15, -0.1) is 0 Å². The number of benzene rings is 2. The van der Waals surface area contributed by atoms with Crippen LogP contribution in [0.2, 0.25) is 0 Å². The number of carbonyl (C=O) groups excluding carboxylic acids is 1. The van der Waals surface area contributed by atoms with E-state index in [2.05, 4.69) is 48.5 Å². The molecule has 2 aromatic carbocycles. The summed E-state index contributed by atoms with van der Waals surface area (Å²) in [6.07, 6.45) is 5.00. The molecule has 108 valence electrons. The summed E-state index contributed by atoms with van der Waals surface area (Å²) < 4.78 is 2.62. The summed E-state index contributed by atoms with van der Waals surface area (Å²) >= 11 is 0.254. The second-order valence-electron chi connectivity index (χ2n) is 4.98. The number of carbonyl (C=O) groups is 1. The Hall–Kier alpha value is -1.63. The summed E-state index contributed by atoms with van der Waals surface area (Å²) in [5, 5.41) is 0. The number of rotatable bonds is 7. The monoisotopic (exact) mass is 344 g/mol. The molecule has 1 nitrogen and oxygen atoms in total. The SMILES string of the molecule is CC(=O)/C=C(/CCCc1ccccc1)[Se]c1ccccc1. The number of ketones is 1. The molecule has 2 aromatic rings. The van der Waals surface area contributed by atoms with Crippen molar-refractivity contribution in [2.75, 3.05) is 0 Å². The van der Waals surface area contributed by atoms with Crippen molar-refractivity contribution in [2.24, 2.45) is 0 Å². The van der Waals surface area contributed by atoms with Gasteiger partial charge in [-0.3, -0.25) is 0 Å². The van der Waals surface area contributed by atoms with Crippen LogP contribution in [0.4, 0.5) is 0 Å². The molecule has 21 heavy (non-hydrogen) atoms. The van der Waals surface area contributed by atoms with Crippen LogP contribution in [-0.4, -0.2) is 20.7 Å². The molecule has 0 saturated carbocycles. The fraction of sp³-hybridized carbons (Fsp3) is 0.211. The van der Waals surface area contributed by atoms with Crippen molar-refractivity contribution in [2.45, 2.75) is 26.2 Å². The average Bonchev–Trinajstić information content (AvgIpc) is 2.49. The first-order valence-corrected chi connectivity index (χ1v) is 8.93. The van der Waals surface area contributed by atoms with Gasteiger partial charge >= 0.3 is 133 Å².